The average Bonchev–Trinajstić information content (AvgIpc) is 2.69. The zero-order valence-corrected chi connectivity index (χ0v) is 12.4. The van der Waals surface area contributed by atoms with Gasteiger partial charge in [0.15, 0.2) is 5.78 Å². The molecule has 0 spiro atoms. The fraction of sp³-hybridized carbons (Fsp3) is 0.769. The maximum Gasteiger partial charge on any atom is 0.364 e. The first kappa shape index (κ1) is 15.6. The van der Waals surface area contributed by atoms with Gasteiger partial charge in [-0.3, -0.25) is 9.36 Å². The topological polar surface area (TPSA) is 52.6 Å². The number of carbonyl (C=O) groups excluding carboxylic acids is 1. The second kappa shape index (κ2) is 7.22. The van der Waals surface area contributed by atoms with Crippen LogP contribution in [0.3, 0.4) is 0 Å². The third-order valence-electron chi connectivity index (χ3n) is 2.96. The van der Waals surface area contributed by atoms with E-state index in [2.05, 4.69) is 6.92 Å². The molecule has 1 aliphatic carbocycles. The second-order valence-corrected chi connectivity index (χ2v) is 6.27. The normalized spacial score (nSPS) is 16.7. The first-order valence-corrected chi connectivity index (χ1v) is 8.28. The van der Waals surface area contributed by atoms with E-state index in [1.807, 2.05) is 0 Å². The van der Waals surface area contributed by atoms with Crippen molar-refractivity contribution in [3.8, 4) is 0 Å². The minimum Gasteiger partial charge on any atom is -0.305 e. The molecule has 0 aromatic heterocycles. The predicted octanol–water partition coefficient (Wildman–Crippen LogP) is 4.06. The molecule has 1 aliphatic rings. The Balaban J connectivity index is 3.04. The Labute approximate surface area is 109 Å². The standard InChI is InChI=1S/C13H23O4P/c1-4-7-8-11-9-10-12(14)13(11)18(15,16-5-2)17-6-3/h4-10H2,1-3H3. The Kier molecular flexibility index (Phi) is 6.27. The van der Waals surface area contributed by atoms with Crippen LogP contribution in [0.5, 0.6) is 0 Å². The van der Waals surface area contributed by atoms with E-state index in [0.717, 1.165) is 24.8 Å². The largest absolute Gasteiger partial charge is 0.364 e. The summed E-state index contributed by atoms with van der Waals surface area (Å²) in [5.41, 5.74) is 0.979. The molecule has 0 heterocycles. The molecule has 5 heteroatoms. The van der Waals surface area contributed by atoms with Crippen molar-refractivity contribution in [2.75, 3.05) is 13.2 Å². The minimum atomic E-state index is -3.39. The summed E-state index contributed by atoms with van der Waals surface area (Å²) in [5, 5.41) is 0.347. The Morgan fingerprint density at radius 3 is 2.22 bits per heavy atom. The number of ketones is 1. The zero-order valence-electron chi connectivity index (χ0n) is 11.5. The lowest BCUT2D eigenvalue weighted by molar-refractivity contribution is -0.114. The van der Waals surface area contributed by atoms with Crippen LogP contribution in [0.25, 0.3) is 0 Å². The average molecular weight is 274 g/mol. The van der Waals surface area contributed by atoms with Crippen LogP contribution in [-0.2, 0) is 18.4 Å². The van der Waals surface area contributed by atoms with Gasteiger partial charge in [-0.25, -0.2) is 0 Å². The van der Waals surface area contributed by atoms with Gasteiger partial charge in [0.25, 0.3) is 0 Å². The van der Waals surface area contributed by atoms with Crippen molar-refractivity contribution in [1.29, 1.82) is 0 Å². The van der Waals surface area contributed by atoms with Crippen LogP contribution in [0.4, 0.5) is 0 Å². The van der Waals surface area contributed by atoms with Gasteiger partial charge in [0.05, 0.1) is 13.2 Å². The fourth-order valence-corrected chi connectivity index (χ4v) is 4.23. The van der Waals surface area contributed by atoms with Crippen molar-refractivity contribution in [2.24, 2.45) is 0 Å². The maximum atomic E-state index is 12.7. The molecule has 0 fully saturated rings. The molecule has 0 amide bonds. The number of hydrogen-bond donors (Lipinski definition) is 0. The highest BCUT2D eigenvalue weighted by atomic mass is 31.2. The monoisotopic (exact) mass is 274 g/mol. The van der Waals surface area contributed by atoms with Gasteiger partial charge < -0.3 is 9.05 Å². The van der Waals surface area contributed by atoms with Gasteiger partial charge >= 0.3 is 7.60 Å². The number of carbonyl (C=O) groups is 1. The molecule has 1 rings (SSSR count). The Morgan fingerprint density at radius 2 is 1.72 bits per heavy atom. The minimum absolute atomic E-state index is 0.0636. The molecule has 0 saturated carbocycles. The molecule has 0 aromatic carbocycles. The molecule has 104 valence electrons. The number of rotatable bonds is 8. The lowest BCUT2D eigenvalue weighted by atomic mass is 10.1. The van der Waals surface area contributed by atoms with Gasteiger partial charge in [0.1, 0.15) is 5.31 Å². The van der Waals surface area contributed by atoms with E-state index in [0.29, 0.717) is 18.2 Å². The van der Waals surface area contributed by atoms with Crippen molar-refractivity contribution in [3.05, 3.63) is 10.9 Å². The van der Waals surface area contributed by atoms with Crippen LogP contribution in [0, 0.1) is 0 Å². The van der Waals surface area contributed by atoms with E-state index in [1.54, 1.807) is 13.8 Å². The number of Topliss-reactive ketones (excluding diaryl/α,β-unsaturated/α-hetero) is 1. The van der Waals surface area contributed by atoms with E-state index in [9.17, 15) is 9.36 Å². The molecule has 0 saturated heterocycles. The van der Waals surface area contributed by atoms with Crippen molar-refractivity contribution in [2.45, 2.75) is 52.9 Å². The highest BCUT2D eigenvalue weighted by Gasteiger charge is 2.39. The second-order valence-electron chi connectivity index (χ2n) is 4.31. The van der Waals surface area contributed by atoms with E-state index in [-0.39, 0.29) is 19.0 Å². The molecule has 18 heavy (non-hydrogen) atoms. The summed E-state index contributed by atoms with van der Waals surface area (Å²) in [5.74, 6) is -0.0636. The molecule has 0 aromatic rings. The van der Waals surface area contributed by atoms with Crippen LogP contribution in [0.15, 0.2) is 10.9 Å². The van der Waals surface area contributed by atoms with Crippen LogP contribution < -0.4 is 0 Å². The summed E-state index contributed by atoms with van der Waals surface area (Å²) in [4.78, 5) is 12.0. The molecule has 0 unspecified atom stereocenters. The zero-order chi connectivity index (χ0) is 13.6. The number of allylic oxidation sites excluding steroid dienone is 2. The van der Waals surface area contributed by atoms with Crippen LogP contribution in [0.2, 0.25) is 0 Å². The Hall–Kier alpha value is -0.440. The van der Waals surface area contributed by atoms with E-state index >= 15 is 0 Å². The number of hydrogen-bond acceptors (Lipinski definition) is 4. The van der Waals surface area contributed by atoms with Crippen LogP contribution >= 0.6 is 7.60 Å². The first-order valence-electron chi connectivity index (χ1n) is 6.73. The predicted molar refractivity (Wildman–Crippen MR) is 71.7 cm³/mol. The SMILES string of the molecule is CCCCC1=C(P(=O)(OCC)OCC)C(=O)CC1. The fourth-order valence-electron chi connectivity index (χ4n) is 2.18. The quantitative estimate of drug-likeness (QED) is 0.626. The molecule has 0 N–H and O–H groups in total. The van der Waals surface area contributed by atoms with E-state index in [4.69, 9.17) is 9.05 Å². The molecule has 0 aliphatic heterocycles. The van der Waals surface area contributed by atoms with E-state index in [1.165, 1.54) is 0 Å². The van der Waals surface area contributed by atoms with Gasteiger partial charge in [-0.15, -0.1) is 0 Å². The van der Waals surface area contributed by atoms with Crippen molar-refractivity contribution in [1.82, 2.24) is 0 Å². The third-order valence-corrected chi connectivity index (χ3v) is 5.27. The summed E-state index contributed by atoms with van der Waals surface area (Å²) in [6.45, 7) is 6.20. The molecular formula is C13H23O4P. The molecule has 0 radical (unpaired) electrons. The highest BCUT2D eigenvalue weighted by Crippen LogP contribution is 2.60. The summed E-state index contributed by atoms with van der Waals surface area (Å²) in [6, 6.07) is 0. The molecule has 0 atom stereocenters. The lowest BCUT2D eigenvalue weighted by Gasteiger charge is -2.18. The summed E-state index contributed by atoms with van der Waals surface area (Å²) >= 11 is 0. The van der Waals surface area contributed by atoms with Crippen molar-refractivity contribution in [3.63, 3.8) is 0 Å². The first-order chi connectivity index (χ1) is 8.59. The Morgan fingerprint density at radius 1 is 1.11 bits per heavy atom. The number of unbranched alkanes of at least 4 members (excludes halogenated alkanes) is 1. The van der Waals surface area contributed by atoms with Gasteiger partial charge in [-0.1, -0.05) is 18.9 Å². The van der Waals surface area contributed by atoms with E-state index < -0.39 is 7.60 Å². The van der Waals surface area contributed by atoms with Gasteiger partial charge in [0.2, 0.25) is 0 Å². The third kappa shape index (κ3) is 3.53. The van der Waals surface area contributed by atoms with Crippen molar-refractivity contribution < 1.29 is 18.4 Å². The lowest BCUT2D eigenvalue weighted by Crippen LogP contribution is -2.05. The molecule has 0 bridgehead atoms. The van der Waals surface area contributed by atoms with Crippen LogP contribution in [-0.4, -0.2) is 19.0 Å². The van der Waals surface area contributed by atoms with Gasteiger partial charge in [-0.2, -0.15) is 0 Å². The summed E-state index contributed by atoms with van der Waals surface area (Å²) in [7, 11) is -3.39. The summed E-state index contributed by atoms with van der Waals surface area (Å²) < 4.78 is 23.3. The van der Waals surface area contributed by atoms with Crippen LogP contribution in [0.1, 0.15) is 52.9 Å². The van der Waals surface area contributed by atoms with Crippen molar-refractivity contribution >= 4 is 13.4 Å². The molecular weight excluding hydrogens is 251 g/mol. The molecule has 4 nitrogen and oxygen atoms in total. The Bertz CT molecular complexity index is 363. The maximum absolute atomic E-state index is 12.7. The summed E-state index contributed by atoms with van der Waals surface area (Å²) in [6.07, 6.45) is 4.03. The van der Waals surface area contributed by atoms with Gasteiger partial charge in [0, 0.05) is 6.42 Å². The highest BCUT2D eigenvalue weighted by molar-refractivity contribution is 7.60. The van der Waals surface area contributed by atoms with Gasteiger partial charge in [-0.05, 0) is 33.1 Å². The smallest absolute Gasteiger partial charge is 0.305 e.